The number of aryl methyl sites for hydroxylation is 1. The third-order valence-electron chi connectivity index (χ3n) is 7.28. The molecule has 0 spiro atoms. The van der Waals surface area contributed by atoms with Gasteiger partial charge in [-0.05, 0) is 42.9 Å². The number of hydrogen-bond donors (Lipinski definition) is 1. The summed E-state index contributed by atoms with van der Waals surface area (Å²) in [6.07, 6.45) is 3.41. The van der Waals surface area contributed by atoms with Crippen LogP contribution < -0.4 is 10.2 Å². The molecule has 170 valence electrons. The van der Waals surface area contributed by atoms with E-state index in [0.29, 0.717) is 18.4 Å². The molecule has 2 aromatic rings. The monoisotopic (exact) mass is 450 g/mol. The normalized spacial score (nSPS) is 26.4. The molecule has 2 amide bonds. The Morgan fingerprint density at radius 1 is 1.12 bits per heavy atom. The van der Waals surface area contributed by atoms with Crippen molar-refractivity contribution in [2.75, 3.05) is 4.90 Å². The zero-order chi connectivity index (χ0) is 22.8. The second-order valence-electron chi connectivity index (χ2n) is 9.59. The maximum absolute atomic E-state index is 13.6. The fourth-order valence-corrected chi connectivity index (χ4v) is 6.12. The van der Waals surface area contributed by atoms with Crippen molar-refractivity contribution in [2.24, 2.45) is 17.8 Å². The van der Waals surface area contributed by atoms with Crippen LogP contribution in [0.2, 0.25) is 0 Å². The number of anilines is 1. The molecule has 1 aliphatic heterocycles. The minimum Gasteiger partial charge on any atom is -0.353 e. The highest BCUT2D eigenvalue weighted by Gasteiger charge is 2.40. The number of carbonyl (C=O) groups excluding carboxylic acids is 2. The molecule has 0 saturated heterocycles. The number of amides is 2. The SMILES string of the molecule is Cc1ccc(CN2C(=O)[C@H]([C@H](C)C(=O)N[C@@H]3CCC[C@@H](C)[C@H]3C)Sc3ccccc32)cc1. The lowest BCUT2D eigenvalue weighted by Crippen LogP contribution is -2.50. The number of para-hydroxylation sites is 1. The Balaban J connectivity index is 1.54. The van der Waals surface area contributed by atoms with Crippen LogP contribution >= 0.6 is 11.8 Å². The van der Waals surface area contributed by atoms with Gasteiger partial charge >= 0.3 is 0 Å². The molecule has 32 heavy (non-hydrogen) atoms. The molecule has 2 aromatic carbocycles. The van der Waals surface area contributed by atoms with Gasteiger partial charge in [-0.1, -0.05) is 75.6 Å². The number of rotatable bonds is 5. The van der Waals surface area contributed by atoms with Gasteiger partial charge in [0.15, 0.2) is 0 Å². The highest BCUT2D eigenvalue weighted by molar-refractivity contribution is 8.01. The number of hydrogen-bond acceptors (Lipinski definition) is 3. The maximum atomic E-state index is 13.6. The Kier molecular flexibility index (Phi) is 6.94. The molecule has 1 fully saturated rings. The van der Waals surface area contributed by atoms with Crippen LogP contribution in [0, 0.1) is 24.7 Å². The topological polar surface area (TPSA) is 49.4 Å². The summed E-state index contributed by atoms with van der Waals surface area (Å²) in [5.74, 6) is 0.699. The van der Waals surface area contributed by atoms with Crippen molar-refractivity contribution >= 4 is 29.3 Å². The van der Waals surface area contributed by atoms with Gasteiger partial charge in [0, 0.05) is 10.9 Å². The van der Waals surface area contributed by atoms with Crippen molar-refractivity contribution < 1.29 is 9.59 Å². The second-order valence-corrected chi connectivity index (χ2v) is 10.8. The summed E-state index contributed by atoms with van der Waals surface area (Å²) in [7, 11) is 0. The lowest BCUT2D eigenvalue weighted by molar-refractivity contribution is -0.129. The number of nitrogens with zero attached hydrogens (tertiary/aromatic N) is 1. The van der Waals surface area contributed by atoms with Crippen LogP contribution in [0.1, 0.15) is 51.2 Å². The largest absolute Gasteiger partial charge is 0.353 e. The molecule has 2 aliphatic rings. The van der Waals surface area contributed by atoms with Crippen LogP contribution in [0.5, 0.6) is 0 Å². The fourth-order valence-electron chi connectivity index (χ4n) is 4.83. The van der Waals surface area contributed by atoms with Crippen molar-refractivity contribution in [3.63, 3.8) is 0 Å². The highest BCUT2D eigenvalue weighted by Crippen LogP contribution is 2.42. The lowest BCUT2D eigenvalue weighted by atomic mass is 9.78. The summed E-state index contributed by atoms with van der Waals surface area (Å²) in [6, 6.07) is 16.5. The Bertz CT molecular complexity index is 974. The van der Waals surface area contributed by atoms with Crippen LogP contribution in [0.4, 0.5) is 5.69 Å². The Hall–Kier alpha value is -2.27. The van der Waals surface area contributed by atoms with Crippen LogP contribution in [-0.4, -0.2) is 23.1 Å². The summed E-state index contributed by atoms with van der Waals surface area (Å²) in [5, 5.41) is 2.86. The third-order valence-corrected chi connectivity index (χ3v) is 8.75. The summed E-state index contributed by atoms with van der Waals surface area (Å²) in [4.78, 5) is 29.8. The van der Waals surface area contributed by atoms with Gasteiger partial charge in [-0.2, -0.15) is 0 Å². The number of nitrogens with one attached hydrogen (secondary N) is 1. The predicted molar refractivity (Wildman–Crippen MR) is 132 cm³/mol. The van der Waals surface area contributed by atoms with Gasteiger partial charge in [0.05, 0.1) is 18.2 Å². The number of fused-ring (bicyclic) bond motifs is 1. The minimum atomic E-state index is -0.424. The quantitative estimate of drug-likeness (QED) is 0.647. The molecule has 4 rings (SSSR count). The zero-order valence-electron chi connectivity index (χ0n) is 19.5. The summed E-state index contributed by atoms with van der Waals surface area (Å²) in [5.41, 5.74) is 3.22. The van der Waals surface area contributed by atoms with Gasteiger partial charge in [0.1, 0.15) is 5.25 Å². The van der Waals surface area contributed by atoms with E-state index >= 15 is 0 Å². The highest BCUT2D eigenvalue weighted by atomic mass is 32.2. The maximum Gasteiger partial charge on any atom is 0.241 e. The summed E-state index contributed by atoms with van der Waals surface area (Å²) >= 11 is 1.53. The molecule has 4 nitrogen and oxygen atoms in total. The van der Waals surface area contributed by atoms with Crippen molar-refractivity contribution in [1.29, 1.82) is 0 Å². The molecular formula is C27H34N2O2S. The van der Waals surface area contributed by atoms with E-state index in [4.69, 9.17) is 0 Å². The molecule has 0 bridgehead atoms. The van der Waals surface area contributed by atoms with Crippen LogP contribution in [0.25, 0.3) is 0 Å². The Morgan fingerprint density at radius 3 is 2.59 bits per heavy atom. The van der Waals surface area contributed by atoms with E-state index in [1.807, 2.05) is 30.0 Å². The first-order valence-corrected chi connectivity index (χ1v) is 12.7. The van der Waals surface area contributed by atoms with E-state index in [1.165, 1.54) is 23.7 Å². The van der Waals surface area contributed by atoms with E-state index in [2.05, 4.69) is 56.4 Å². The first kappa shape index (κ1) is 22.9. The third kappa shape index (κ3) is 4.73. The smallest absolute Gasteiger partial charge is 0.241 e. The van der Waals surface area contributed by atoms with Gasteiger partial charge < -0.3 is 10.2 Å². The van der Waals surface area contributed by atoms with Crippen molar-refractivity contribution in [3.8, 4) is 0 Å². The van der Waals surface area contributed by atoms with Crippen molar-refractivity contribution in [3.05, 3.63) is 59.7 Å². The molecule has 1 heterocycles. The zero-order valence-corrected chi connectivity index (χ0v) is 20.3. The van der Waals surface area contributed by atoms with Gasteiger partial charge in [-0.25, -0.2) is 0 Å². The first-order chi connectivity index (χ1) is 15.3. The van der Waals surface area contributed by atoms with Crippen LogP contribution in [0.15, 0.2) is 53.4 Å². The predicted octanol–water partition coefficient (Wildman–Crippen LogP) is 5.58. The molecule has 1 aliphatic carbocycles. The minimum absolute atomic E-state index is 0.00327. The number of thioether (sulfide) groups is 1. The molecule has 1 N–H and O–H groups in total. The van der Waals surface area contributed by atoms with Crippen LogP contribution in [0.3, 0.4) is 0 Å². The molecule has 0 radical (unpaired) electrons. The Labute approximate surface area is 196 Å². The van der Waals surface area contributed by atoms with E-state index < -0.39 is 11.2 Å². The summed E-state index contributed by atoms with van der Waals surface area (Å²) < 4.78 is 0. The van der Waals surface area contributed by atoms with Crippen molar-refractivity contribution in [2.45, 2.75) is 69.7 Å². The molecule has 5 atom stereocenters. The number of carbonyl (C=O) groups is 2. The molecule has 0 aromatic heterocycles. The average molecular weight is 451 g/mol. The van der Waals surface area contributed by atoms with Gasteiger partial charge in [-0.15, -0.1) is 11.8 Å². The van der Waals surface area contributed by atoms with Gasteiger partial charge in [0.2, 0.25) is 11.8 Å². The van der Waals surface area contributed by atoms with E-state index in [0.717, 1.165) is 29.0 Å². The fraction of sp³-hybridized carbons (Fsp3) is 0.481. The van der Waals surface area contributed by atoms with E-state index in [-0.39, 0.29) is 17.9 Å². The molecular weight excluding hydrogens is 416 g/mol. The van der Waals surface area contributed by atoms with Gasteiger partial charge in [-0.3, -0.25) is 9.59 Å². The first-order valence-electron chi connectivity index (χ1n) is 11.8. The second kappa shape index (κ2) is 9.70. The molecule has 1 saturated carbocycles. The van der Waals surface area contributed by atoms with E-state index in [1.54, 1.807) is 0 Å². The van der Waals surface area contributed by atoms with Gasteiger partial charge in [0.25, 0.3) is 0 Å². The van der Waals surface area contributed by atoms with Crippen molar-refractivity contribution in [1.82, 2.24) is 5.32 Å². The van der Waals surface area contributed by atoms with Crippen LogP contribution in [-0.2, 0) is 16.1 Å². The van der Waals surface area contributed by atoms with E-state index in [9.17, 15) is 9.59 Å². The average Bonchev–Trinajstić information content (AvgIpc) is 2.79. The lowest BCUT2D eigenvalue weighted by Gasteiger charge is -2.38. The Morgan fingerprint density at radius 2 is 1.84 bits per heavy atom. The molecule has 0 unspecified atom stereocenters. The molecule has 5 heteroatoms. The summed E-state index contributed by atoms with van der Waals surface area (Å²) in [6.45, 7) is 8.98. The standard InChI is InChI=1S/C27H34N2O2S/c1-17-12-14-21(15-13-17)16-29-23-10-5-6-11-24(23)32-25(27(29)31)20(4)26(30)28-22-9-7-8-18(2)19(22)3/h5-6,10-15,18-20,22,25H,7-9,16H2,1-4H3,(H,28,30)/t18-,19-,20+,22-,25+/m1/s1. The number of benzene rings is 2.